The Kier molecular flexibility index (Phi) is 12.8. The number of thiazole rings is 1. The number of aromatic amines is 1. The van der Waals surface area contributed by atoms with Crippen molar-refractivity contribution in [3.63, 3.8) is 0 Å². The highest BCUT2D eigenvalue weighted by Crippen LogP contribution is 2.49. The number of carbonyl (C=O) groups excluding carboxylic acids is 3. The maximum atomic E-state index is 14.2. The fraction of sp³-hybridized carbons (Fsp3) is 0.182. The van der Waals surface area contributed by atoms with Gasteiger partial charge in [-0.3, -0.25) is 38.8 Å². The second kappa shape index (κ2) is 18.8. The average Bonchev–Trinajstić information content (AvgIpc) is 3.80. The molecule has 3 atom stereocenters. The SMILES string of the molecule is CON=C(C(=O)NC1C(=O)N2C(C(=O)OCc3ccc([N+](=O)[O-])cc3)=C(Sc3n[nH]c(=O)c(=O)n3C)C(C)S[C@H]12)c1csc(NC(c2ccccc2)(c2ccccc2)c2ccccc2)n1. The summed E-state index contributed by atoms with van der Waals surface area (Å²) in [6, 6.07) is 34.0. The van der Waals surface area contributed by atoms with Gasteiger partial charge < -0.3 is 20.2 Å². The van der Waals surface area contributed by atoms with Crippen LogP contribution in [0.1, 0.15) is 34.9 Å². The Morgan fingerprint density at radius 1 is 0.938 bits per heavy atom. The van der Waals surface area contributed by atoms with E-state index in [0.717, 1.165) is 33.0 Å². The summed E-state index contributed by atoms with van der Waals surface area (Å²) in [6.07, 6.45) is 0. The molecule has 2 unspecified atom stereocenters. The van der Waals surface area contributed by atoms with Crippen LogP contribution in [0.2, 0.25) is 0 Å². The molecule has 3 N–H and O–H groups in total. The first-order valence-corrected chi connectivity index (χ1v) is 22.3. The van der Waals surface area contributed by atoms with Gasteiger partial charge in [0.2, 0.25) is 0 Å². The number of thioether (sulfide) groups is 2. The molecular formula is C44H37N9O9S3. The maximum Gasteiger partial charge on any atom is 0.356 e. The molecule has 6 aromatic rings. The number of rotatable bonds is 15. The van der Waals surface area contributed by atoms with Crippen molar-refractivity contribution in [2.24, 2.45) is 12.2 Å². The topological polar surface area (TPSA) is 233 Å². The van der Waals surface area contributed by atoms with E-state index in [4.69, 9.17) is 14.6 Å². The van der Waals surface area contributed by atoms with Crippen molar-refractivity contribution in [2.45, 2.75) is 40.9 Å². The first-order chi connectivity index (χ1) is 31.4. The Balaban J connectivity index is 1.07. The number of oxime groups is 1. The number of nitrogens with zero attached hydrogens (tertiary/aromatic N) is 6. The van der Waals surface area contributed by atoms with Gasteiger partial charge in [0.15, 0.2) is 16.0 Å². The van der Waals surface area contributed by atoms with Gasteiger partial charge in [0.25, 0.3) is 17.5 Å². The Morgan fingerprint density at radius 3 is 2.11 bits per heavy atom. The molecular weight excluding hydrogens is 895 g/mol. The number of aromatic nitrogens is 4. The highest BCUT2D eigenvalue weighted by atomic mass is 32.2. The minimum absolute atomic E-state index is 0.0279. The number of hydrogen-bond donors (Lipinski definition) is 3. The van der Waals surface area contributed by atoms with Gasteiger partial charge in [0, 0.05) is 34.7 Å². The predicted molar refractivity (Wildman–Crippen MR) is 244 cm³/mol. The summed E-state index contributed by atoms with van der Waals surface area (Å²) in [5.41, 5.74) is 0.157. The number of amides is 2. The van der Waals surface area contributed by atoms with E-state index in [0.29, 0.717) is 10.7 Å². The third kappa shape index (κ3) is 8.67. The number of fused-ring (bicyclic) bond motifs is 1. The lowest BCUT2D eigenvalue weighted by molar-refractivity contribution is -0.384. The van der Waals surface area contributed by atoms with Crippen LogP contribution in [0.3, 0.4) is 0 Å². The number of benzene rings is 4. The number of anilines is 1. The quantitative estimate of drug-likeness (QED) is 0.0231. The fourth-order valence-corrected chi connectivity index (χ4v) is 10.7. The summed E-state index contributed by atoms with van der Waals surface area (Å²) in [6.45, 7) is 1.47. The lowest BCUT2D eigenvalue weighted by Crippen LogP contribution is -2.71. The van der Waals surface area contributed by atoms with Crippen molar-refractivity contribution >= 4 is 69.2 Å². The molecule has 4 heterocycles. The summed E-state index contributed by atoms with van der Waals surface area (Å²) in [7, 11) is 2.63. The number of nitro groups is 1. The normalized spacial score (nSPS) is 17.2. The molecule has 0 spiro atoms. The number of β-lactam (4-membered cyclic amide) rings is 1. The van der Waals surface area contributed by atoms with E-state index in [1.54, 1.807) is 12.3 Å². The highest BCUT2D eigenvalue weighted by Gasteiger charge is 2.56. The molecule has 330 valence electrons. The molecule has 2 aliphatic heterocycles. The van der Waals surface area contributed by atoms with E-state index in [1.807, 2.05) is 91.0 Å². The second-order valence-corrected chi connectivity index (χ2v) is 17.8. The van der Waals surface area contributed by atoms with Gasteiger partial charge in [-0.05, 0) is 41.3 Å². The number of H-pyrrole nitrogens is 1. The average molecular weight is 932 g/mol. The second-order valence-electron chi connectivity index (χ2n) is 14.5. The summed E-state index contributed by atoms with van der Waals surface area (Å²) in [4.78, 5) is 88.8. The standard InChI is InChI=1S/C44H37N9O9S3/c1-25-35(65-43-49-48-37(55)39(57)51(43)2)34(41(58)62-23-26-19-21-30(22-20-26)53(59)60)52-38(56)33(40(52)64-25)46-36(54)32(50-61-3)31-24-63-42(45-31)47-44(27-13-7-4-8-14-27,28-15-9-5-10-16-28)29-17-11-6-12-18-29/h4-22,24-25,33,40H,23H2,1-3H3,(H,45,47)(H,46,54)(H,48,55)/t25?,33?,40-/m1/s1. The van der Waals surface area contributed by atoms with Gasteiger partial charge in [-0.2, -0.15) is 0 Å². The van der Waals surface area contributed by atoms with Gasteiger partial charge in [-0.15, -0.1) is 28.2 Å². The summed E-state index contributed by atoms with van der Waals surface area (Å²) >= 11 is 3.39. The number of non-ortho nitro benzene ring substituents is 1. The zero-order valence-electron chi connectivity index (χ0n) is 34.6. The van der Waals surface area contributed by atoms with Crippen LogP contribution in [-0.2, 0) is 43.2 Å². The smallest absolute Gasteiger partial charge is 0.356 e. The summed E-state index contributed by atoms with van der Waals surface area (Å²) in [5.74, 6) is -2.34. The van der Waals surface area contributed by atoms with Crippen molar-refractivity contribution in [1.82, 2.24) is 30.0 Å². The Morgan fingerprint density at radius 2 is 1.54 bits per heavy atom. The number of nitrogens with one attached hydrogen (secondary N) is 3. The van der Waals surface area contributed by atoms with Crippen LogP contribution in [0.5, 0.6) is 0 Å². The van der Waals surface area contributed by atoms with Crippen molar-refractivity contribution in [3.05, 3.63) is 190 Å². The molecule has 4 aromatic carbocycles. The largest absolute Gasteiger partial charge is 0.456 e. The molecule has 2 amide bonds. The van der Waals surface area contributed by atoms with E-state index in [-0.39, 0.29) is 39.5 Å². The molecule has 2 aliphatic rings. The Labute approximate surface area is 381 Å². The van der Waals surface area contributed by atoms with Crippen LogP contribution >= 0.6 is 34.9 Å². The molecule has 0 saturated carbocycles. The van der Waals surface area contributed by atoms with E-state index in [1.165, 1.54) is 66.4 Å². The van der Waals surface area contributed by atoms with Crippen LogP contribution in [0.15, 0.2) is 151 Å². The van der Waals surface area contributed by atoms with Gasteiger partial charge in [0.1, 0.15) is 42.1 Å². The monoisotopic (exact) mass is 931 g/mol. The minimum atomic E-state index is -1.14. The molecule has 0 aliphatic carbocycles. The van der Waals surface area contributed by atoms with Crippen LogP contribution in [0.25, 0.3) is 0 Å². The molecule has 1 saturated heterocycles. The van der Waals surface area contributed by atoms with E-state index < -0.39 is 56.0 Å². The molecule has 2 aromatic heterocycles. The van der Waals surface area contributed by atoms with Gasteiger partial charge in [0.05, 0.1) is 4.92 Å². The first-order valence-electron chi connectivity index (χ1n) is 19.7. The van der Waals surface area contributed by atoms with E-state index >= 15 is 0 Å². The number of carbonyl (C=O) groups is 3. The zero-order valence-corrected chi connectivity index (χ0v) is 37.0. The molecule has 0 bridgehead atoms. The number of nitro benzene ring substituents is 1. The highest BCUT2D eigenvalue weighted by molar-refractivity contribution is 8.06. The van der Waals surface area contributed by atoms with Crippen LogP contribution in [0, 0.1) is 10.1 Å². The first kappa shape index (κ1) is 44.3. The Bertz CT molecular complexity index is 2870. The fourth-order valence-electron chi connectivity index (χ4n) is 7.35. The summed E-state index contributed by atoms with van der Waals surface area (Å²) < 4.78 is 6.67. The molecule has 18 nitrogen and oxygen atoms in total. The van der Waals surface area contributed by atoms with Crippen molar-refractivity contribution in [2.75, 3.05) is 12.4 Å². The third-order valence-corrected chi connectivity index (χ3v) is 14.2. The van der Waals surface area contributed by atoms with Crippen LogP contribution in [0.4, 0.5) is 10.8 Å². The maximum absolute atomic E-state index is 14.2. The molecule has 21 heteroatoms. The lowest BCUT2D eigenvalue weighted by atomic mass is 9.77. The van der Waals surface area contributed by atoms with Crippen LogP contribution < -0.4 is 21.8 Å². The molecule has 8 rings (SSSR count). The van der Waals surface area contributed by atoms with Gasteiger partial charge >= 0.3 is 17.1 Å². The molecule has 1 fully saturated rings. The van der Waals surface area contributed by atoms with E-state index in [9.17, 15) is 34.1 Å². The number of ether oxygens (including phenoxy) is 1. The third-order valence-electron chi connectivity index (χ3n) is 10.5. The molecule has 0 radical (unpaired) electrons. The summed E-state index contributed by atoms with van der Waals surface area (Å²) in [5, 5.41) is 28.6. The van der Waals surface area contributed by atoms with Crippen molar-refractivity contribution in [3.8, 4) is 0 Å². The van der Waals surface area contributed by atoms with Gasteiger partial charge in [-0.1, -0.05) is 108 Å². The van der Waals surface area contributed by atoms with Gasteiger partial charge in [-0.25, -0.2) is 14.9 Å². The Hall–Kier alpha value is -7.36. The van der Waals surface area contributed by atoms with Crippen molar-refractivity contribution < 1.29 is 28.9 Å². The molecule has 65 heavy (non-hydrogen) atoms. The predicted octanol–water partition coefficient (Wildman–Crippen LogP) is 5.12. The zero-order chi connectivity index (χ0) is 45.8. The van der Waals surface area contributed by atoms with E-state index in [2.05, 4.69) is 26.0 Å². The van der Waals surface area contributed by atoms with Crippen molar-refractivity contribution in [1.29, 1.82) is 0 Å². The minimum Gasteiger partial charge on any atom is -0.456 e. The van der Waals surface area contributed by atoms with Crippen LogP contribution in [-0.4, -0.2) is 76.8 Å². The lowest BCUT2D eigenvalue weighted by Gasteiger charge is -2.51. The number of esters is 1. The number of hydrogen-bond acceptors (Lipinski definition) is 16.